The Morgan fingerprint density at radius 2 is 1.85 bits per heavy atom. The van der Waals surface area contributed by atoms with Crippen molar-refractivity contribution in [2.45, 2.75) is 57.6 Å². The summed E-state index contributed by atoms with van der Waals surface area (Å²) in [6.07, 6.45) is 3.10. The lowest BCUT2D eigenvalue weighted by Gasteiger charge is -2.34. The Bertz CT molecular complexity index is 1430. The van der Waals surface area contributed by atoms with Gasteiger partial charge in [0.25, 0.3) is 5.91 Å². The van der Waals surface area contributed by atoms with Gasteiger partial charge in [0.1, 0.15) is 0 Å². The number of nitrogens with zero attached hydrogens (tertiary/aromatic N) is 3. The molecule has 0 bridgehead atoms. The van der Waals surface area contributed by atoms with E-state index in [9.17, 15) is 14.7 Å². The lowest BCUT2D eigenvalue weighted by atomic mass is 9.88. The predicted octanol–water partition coefficient (Wildman–Crippen LogP) is 5.50. The van der Waals surface area contributed by atoms with Gasteiger partial charge in [0.15, 0.2) is 0 Å². The molecule has 5 rings (SSSR count). The number of hydrogen-bond donors (Lipinski definition) is 2. The van der Waals surface area contributed by atoms with Crippen LogP contribution in [-0.4, -0.2) is 64.5 Å². The normalized spacial score (nSPS) is 17.3. The van der Waals surface area contributed by atoms with Gasteiger partial charge in [-0.2, -0.15) is 0 Å². The number of hydrogen-bond acceptors (Lipinski definition) is 5. The fourth-order valence-corrected chi connectivity index (χ4v) is 6.29. The Kier molecular flexibility index (Phi) is 9.29. The predicted molar refractivity (Wildman–Crippen MR) is 163 cm³/mol. The first-order valence-electron chi connectivity index (χ1n) is 14.2. The third-order valence-corrected chi connectivity index (χ3v) is 8.88. The molecule has 9 heteroatoms. The average molecular weight is 596 g/mol. The Balaban J connectivity index is 1.36. The number of aliphatic hydroxyl groups is 1. The molecule has 0 saturated carbocycles. The zero-order valence-corrected chi connectivity index (χ0v) is 25.0. The molecule has 2 aromatic carbocycles. The number of aliphatic hydroxyl groups excluding tert-OH is 1. The van der Waals surface area contributed by atoms with Gasteiger partial charge < -0.3 is 15.3 Å². The first-order chi connectivity index (χ1) is 19.7. The number of fused-ring (bicyclic) bond motifs is 2. The minimum absolute atomic E-state index is 0.0273. The summed E-state index contributed by atoms with van der Waals surface area (Å²) < 4.78 is 0. The smallest absolute Gasteiger partial charge is 0.253 e. The number of amides is 2. The van der Waals surface area contributed by atoms with Crippen LogP contribution in [0.4, 0.5) is 5.69 Å². The molecule has 2 atom stereocenters. The monoisotopic (exact) mass is 594 g/mol. The second-order valence-corrected chi connectivity index (χ2v) is 12.0. The van der Waals surface area contributed by atoms with Crippen LogP contribution < -0.4 is 5.32 Å². The van der Waals surface area contributed by atoms with Crippen molar-refractivity contribution in [2.24, 2.45) is 0 Å². The number of rotatable bonds is 8. The Morgan fingerprint density at radius 3 is 2.59 bits per heavy atom. The van der Waals surface area contributed by atoms with Crippen LogP contribution in [0.3, 0.4) is 0 Å². The molecular weight excluding hydrogens is 559 g/mol. The van der Waals surface area contributed by atoms with Crippen LogP contribution in [-0.2, 0) is 30.6 Å². The number of aromatic nitrogens is 1. The average Bonchev–Trinajstić information content (AvgIpc) is 2.96. The zero-order chi connectivity index (χ0) is 29.1. The molecule has 0 spiro atoms. The summed E-state index contributed by atoms with van der Waals surface area (Å²) in [4.78, 5) is 34.4. The van der Waals surface area contributed by atoms with Crippen LogP contribution in [0, 0.1) is 0 Å². The number of carbonyl (C=O) groups excluding carboxylic acids is 2. The first kappa shape index (κ1) is 29.5. The molecule has 0 radical (unpaired) electrons. The van der Waals surface area contributed by atoms with E-state index in [0.717, 1.165) is 66.1 Å². The molecule has 1 aliphatic heterocycles. The van der Waals surface area contributed by atoms with E-state index >= 15 is 0 Å². The topological polar surface area (TPSA) is 85.8 Å². The fourth-order valence-electron chi connectivity index (χ4n) is 5.98. The summed E-state index contributed by atoms with van der Waals surface area (Å²) in [7, 11) is 1.83. The van der Waals surface area contributed by atoms with Crippen molar-refractivity contribution in [3.05, 3.63) is 92.2 Å². The van der Waals surface area contributed by atoms with E-state index in [1.807, 2.05) is 55.6 Å². The standard InChI is InChI=1S/C32H36Cl2N4O3/c1-20(39)35-31-25-17-24(40)9-11-29(25)36-30-13-15-38(19-26(30)31)14-12-23(22-8-10-27(33)28(34)16-22)18-37(2)32(41)21-6-4-3-5-7-21/h3-8,10,16,23-24,40H,9,11-15,17-19H2,1-2H3,(H,35,36,39). The third-order valence-electron chi connectivity index (χ3n) is 8.14. The molecule has 41 heavy (non-hydrogen) atoms. The summed E-state index contributed by atoms with van der Waals surface area (Å²) in [5.41, 5.74) is 6.56. The van der Waals surface area contributed by atoms with Gasteiger partial charge in [0.2, 0.25) is 5.91 Å². The highest BCUT2D eigenvalue weighted by Gasteiger charge is 2.29. The molecule has 1 aromatic heterocycles. The number of anilines is 1. The maximum atomic E-state index is 13.2. The Hall–Kier alpha value is -2.97. The first-order valence-corrected chi connectivity index (χ1v) is 14.9. The molecule has 1 aliphatic carbocycles. The quantitative estimate of drug-likeness (QED) is 0.359. The van der Waals surface area contributed by atoms with Crippen molar-refractivity contribution in [2.75, 3.05) is 32.0 Å². The van der Waals surface area contributed by atoms with Gasteiger partial charge in [-0.05, 0) is 55.6 Å². The molecule has 216 valence electrons. The van der Waals surface area contributed by atoms with Crippen molar-refractivity contribution >= 4 is 40.7 Å². The van der Waals surface area contributed by atoms with Crippen LogP contribution in [0.2, 0.25) is 10.0 Å². The van der Waals surface area contributed by atoms with Gasteiger partial charge in [-0.1, -0.05) is 47.5 Å². The highest BCUT2D eigenvalue weighted by molar-refractivity contribution is 6.42. The number of nitrogens with one attached hydrogen (secondary N) is 1. The minimum atomic E-state index is -0.419. The van der Waals surface area contributed by atoms with E-state index in [-0.39, 0.29) is 17.7 Å². The van der Waals surface area contributed by atoms with E-state index < -0.39 is 6.10 Å². The molecule has 2 aliphatic rings. The maximum Gasteiger partial charge on any atom is 0.253 e. The highest BCUT2D eigenvalue weighted by Crippen LogP contribution is 2.35. The molecular formula is C32H36Cl2N4O3. The fraction of sp³-hybridized carbons (Fsp3) is 0.406. The molecule has 0 saturated heterocycles. The zero-order valence-electron chi connectivity index (χ0n) is 23.5. The lowest BCUT2D eigenvalue weighted by molar-refractivity contribution is -0.114. The third kappa shape index (κ3) is 6.92. The van der Waals surface area contributed by atoms with Crippen molar-refractivity contribution in [1.82, 2.24) is 14.8 Å². The van der Waals surface area contributed by atoms with Gasteiger partial charge in [0.05, 0.1) is 21.8 Å². The number of carbonyl (C=O) groups is 2. The summed E-state index contributed by atoms with van der Waals surface area (Å²) in [6.45, 7) is 4.35. The van der Waals surface area contributed by atoms with E-state index in [2.05, 4.69) is 10.2 Å². The lowest BCUT2D eigenvalue weighted by Crippen LogP contribution is -2.36. The van der Waals surface area contributed by atoms with E-state index in [1.54, 1.807) is 4.90 Å². The van der Waals surface area contributed by atoms with Crippen molar-refractivity contribution in [3.63, 3.8) is 0 Å². The van der Waals surface area contributed by atoms with Crippen LogP contribution in [0.25, 0.3) is 0 Å². The van der Waals surface area contributed by atoms with Gasteiger partial charge in [0, 0.05) is 80.4 Å². The van der Waals surface area contributed by atoms with Gasteiger partial charge in [-0.15, -0.1) is 0 Å². The Labute approximate surface area is 251 Å². The largest absolute Gasteiger partial charge is 0.393 e. The van der Waals surface area contributed by atoms with Crippen molar-refractivity contribution in [1.29, 1.82) is 0 Å². The molecule has 3 aromatic rings. The van der Waals surface area contributed by atoms with E-state index in [1.165, 1.54) is 6.92 Å². The van der Waals surface area contributed by atoms with Crippen LogP contribution >= 0.6 is 23.2 Å². The molecule has 7 nitrogen and oxygen atoms in total. The van der Waals surface area contributed by atoms with E-state index in [0.29, 0.717) is 41.5 Å². The second kappa shape index (κ2) is 12.9. The minimum Gasteiger partial charge on any atom is -0.393 e. The number of likely N-dealkylation sites (N-methyl/N-ethyl adjacent to an activating group) is 1. The number of pyridine rings is 1. The Morgan fingerprint density at radius 1 is 1.10 bits per heavy atom. The SMILES string of the molecule is CC(=O)Nc1c2c(nc3c1CN(CCC(CN(C)C(=O)c1ccccc1)c1ccc(Cl)c(Cl)c1)CC3)CCC(O)C2. The summed E-state index contributed by atoms with van der Waals surface area (Å²) >= 11 is 12.6. The second-order valence-electron chi connectivity index (χ2n) is 11.2. The van der Waals surface area contributed by atoms with Gasteiger partial charge in [-0.3, -0.25) is 19.5 Å². The van der Waals surface area contributed by atoms with Crippen LogP contribution in [0.1, 0.15) is 64.1 Å². The molecule has 0 fully saturated rings. The number of aryl methyl sites for hydroxylation is 1. The van der Waals surface area contributed by atoms with Crippen LogP contribution in [0.5, 0.6) is 0 Å². The summed E-state index contributed by atoms with van der Waals surface area (Å²) in [5, 5.41) is 14.4. The molecule has 2 heterocycles. The molecule has 2 unspecified atom stereocenters. The van der Waals surface area contributed by atoms with Gasteiger partial charge in [-0.25, -0.2) is 0 Å². The maximum absolute atomic E-state index is 13.2. The number of halogens is 2. The van der Waals surface area contributed by atoms with E-state index in [4.69, 9.17) is 28.2 Å². The van der Waals surface area contributed by atoms with Crippen molar-refractivity contribution in [3.8, 4) is 0 Å². The van der Waals surface area contributed by atoms with Crippen LogP contribution in [0.15, 0.2) is 48.5 Å². The molecule has 2 amide bonds. The number of benzene rings is 2. The summed E-state index contributed by atoms with van der Waals surface area (Å²) in [6, 6.07) is 15.0. The molecule has 2 N–H and O–H groups in total. The van der Waals surface area contributed by atoms with Gasteiger partial charge >= 0.3 is 0 Å². The summed E-state index contributed by atoms with van der Waals surface area (Å²) in [5.74, 6) is -0.112. The van der Waals surface area contributed by atoms with Crippen molar-refractivity contribution < 1.29 is 14.7 Å². The highest BCUT2D eigenvalue weighted by atomic mass is 35.5.